The zero-order chi connectivity index (χ0) is 16.1. The fraction of sp³-hybridized carbons (Fsp3) is 0. The number of aldehydes is 1. The highest BCUT2D eigenvalue weighted by molar-refractivity contribution is 6.27. The van der Waals surface area contributed by atoms with E-state index < -0.39 is 0 Å². The first kappa shape index (κ1) is 13.3. The first-order chi connectivity index (χ1) is 11.9. The zero-order valence-corrected chi connectivity index (χ0v) is 13.0. The van der Waals surface area contributed by atoms with Gasteiger partial charge in [-0.1, -0.05) is 78.9 Å². The Balaban J connectivity index is 2.01. The molecule has 0 amide bonds. The Morgan fingerprint density at radius 3 is 1.96 bits per heavy atom. The van der Waals surface area contributed by atoms with Crippen LogP contribution in [-0.4, -0.2) is 6.29 Å². The van der Waals surface area contributed by atoms with Gasteiger partial charge in [0.25, 0.3) is 0 Å². The lowest BCUT2D eigenvalue weighted by atomic mass is 9.89. The van der Waals surface area contributed by atoms with Crippen LogP contribution in [0.3, 0.4) is 0 Å². The highest BCUT2D eigenvalue weighted by Crippen LogP contribution is 2.39. The van der Waals surface area contributed by atoms with E-state index in [2.05, 4.69) is 60.7 Å². The van der Waals surface area contributed by atoms with Crippen LogP contribution in [0.2, 0.25) is 0 Å². The minimum atomic E-state index is 0.752. The molecule has 0 heterocycles. The summed E-state index contributed by atoms with van der Waals surface area (Å²) in [4.78, 5) is 11.4. The molecule has 0 aliphatic carbocycles. The Morgan fingerprint density at radius 2 is 1.21 bits per heavy atom. The van der Waals surface area contributed by atoms with Crippen molar-refractivity contribution in [1.29, 1.82) is 0 Å². The summed E-state index contributed by atoms with van der Waals surface area (Å²) in [5.74, 6) is 0. The molecule has 0 saturated heterocycles. The van der Waals surface area contributed by atoms with E-state index in [9.17, 15) is 4.79 Å². The minimum Gasteiger partial charge on any atom is -0.298 e. The highest BCUT2D eigenvalue weighted by atomic mass is 16.1. The Labute approximate surface area is 139 Å². The molecule has 0 saturated carbocycles. The average Bonchev–Trinajstić information content (AvgIpc) is 2.66. The highest BCUT2D eigenvalue weighted by Gasteiger charge is 2.13. The Hall–Kier alpha value is -3.19. The molecule has 0 unspecified atom stereocenters. The summed E-state index contributed by atoms with van der Waals surface area (Å²) in [6, 6.07) is 27.3. The predicted octanol–water partition coefficient (Wildman–Crippen LogP) is 6.06. The van der Waals surface area contributed by atoms with Crippen molar-refractivity contribution in [3.63, 3.8) is 0 Å². The topological polar surface area (TPSA) is 17.1 Å². The fourth-order valence-electron chi connectivity index (χ4n) is 3.80. The maximum absolute atomic E-state index is 11.4. The van der Waals surface area contributed by atoms with E-state index in [1.165, 1.54) is 38.1 Å². The van der Waals surface area contributed by atoms with E-state index in [1.54, 1.807) is 0 Å². The molecule has 0 radical (unpaired) electrons. The summed E-state index contributed by atoms with van der Waals surface area (Å²) in [6.07, 6.45) is 0.948. The number of hydrogen-bond donors (Lipinski definition) is 0. The largest absolute Gasteiger partial charge is 0.298 e. The first-order valence-electron chi connectivity index (χ1n) is 8.08. The Kier molecular flexibility index (Phi) is 2.71. The quantitative estimate of drug-likeness (QED) is 0.286. The Bertz CT molecular complexity index is 1200. The lowest BCUT2D eigenvalue weighted by molar-refractivity contribution is 0.112. The monoisotopic (exact) mass is 306 g/mol. The molecule has 0 aliphatic rings. The Morgan fingerprint density at radius 1 is 0.583 bits per heavy atom. The van der Waals surface area contributed by atoms with Crippen LogP contribution in [0.4, 0.5) is 0 Å². The van der Waals surface area contributed by atoms with Crippen LogP contribution in [0.25, 0.3) is 43.4 Å². The molecule has 0 atom stereocenters. The summed E-state index contributed by atoms with van der Waals surface area (Å²) in [5.41, 5.74) is 3.20. The van der Waals surface area contributed by atoms with Gasteiger partial charge < -0.3 is 0 Å². The van der Waals surface area contributed by atoms with Gasteiger partial charge in [0.2, 0.25) is 0 Å². The zero-order valence-electron chi connectivity index (χ0n) is 13.0. The summed E-state index contributed by atoms with van der Waals surface area (Å²) in [7, 11) is 0. The van der Waals surface area contributed by atoms with Crippen molar-refractivity contribution >= 4 is 38.6 Å². The van der Waals surface area contributed by atoms with Crippen molar-refractivity contribution in [3.05, 3.63) is 84.4 Å². The summed E-state index contributed by atoms with van der Waals surface area (Å²) in [6.45, 7) is 0. The lowest BCUT2D eigenvalue weighted by Gasteiger charge is -2.15. The van der Waals surface area contributed by atoms with E-state index in [0.29, 0.717) is 0 Å². The molecule has 0 spiro atoms. The molecule has 5 aromatic carbocycles. The SMILES string of the molecule is O=Cc1ccc2ccc3c(-c4ccccc4)ccc4ccc1c2c43. The van der Waals surface area contributed by atoms with Gasteiger partial charge in [-0.2, -0.15) is 0 Å². The summed E-state index contributed by atoms with van der Waals surface area (Å²) in [5, 5.41) is 7.10. The van der Waals surface area contributed by atoms with E-state index in [-0.39, 0.29) is 0 Å². The van der Waals surface area contributed by atoms with Crippen LogP contribution in [-0.2, 0) is 0 Å². The maximum atomic E-state index is 11.4. The third kappa shape index (κ3) is 1.73. The fourth-order valence-corrected chi connectivity index (χ4v) is 3.80. The van der Waals surface area contributed by atoms with Crippen LogP contribution < -0.4 is 0 Å². The second-order valence-corrected chi connectivity index (χ2v) is 6.17. The molecule has 1 heteroatoms. The standard InChI is InChI=1S/C23H14O/c24-14-18-7-6-16-10-13-21-19(15-4-2-1-3-5-15)11-8-17-9-12-20(18)22(16)23(17)21/h1-14H. The van der Waals surface area contributed by atoms with Crippen molar-refractivity contribution in [2.24, 2.45) is 0 Å². The van der Waals surface area contributed by atoms with Crippen LogP contribution >= 0.6 is 0 Å². The van der Waals surface area contributed by atoms with E-state index in [4.69, 9.17) is 0 Å². The smallest absolute Gasteiger partial charge is 0.150 e. The van der Waals surface area contributed by atoms with E-state index in [1.807, 2.05) is 18.2 Å². The van der Waals surface area contributed by atoms with Gasteiger partial charge in [0.05, 0.1) is 0 Å². The molecule has 0 aliphatic heterocycles. The lowest BCUT2D eigenvalue weighted by Crippen LogP contribution is -1.90. The van der Waals surface area contributed by atoms with E-state index in [0.717, 1.165) is 17.2 Å². The number of carbonyl (C=O) groups excluding carboxylic acids is 1. The van der Waals surface area contributed by atoms with Crippen molar-refractivity contribution < 1.29 is 4.79 Å². The van der Waals surface area contributed by atoms with Crippen molar-refractivity contribution in [2.45, 2.75) is 0 Å². The first-order valence-corrected chi connectivity index (χ1v) is 8.08. The van der Waals surface area contributed by atoms with E-state index >= 15 is 0 Å². The van der Waals surface area contributed by atoms with Crippen LogP contribution in [0.5, 0.6) is 0 Å². The summed E-state index contributed by atoms with van der Waals surface area (Å²) >= 11 is 0. The van der Waals surface area contributed by atoms with Crippen LogP contribution in [0.15, 0.2) is 78.9 Å². The van der Waals surface area contributed by atoms with Gasteiger partial charge >= 0.3 is 0 Å². The average molecular weight is 306 g/mol. The second-order valence-electron chi connectivity index (χ2n) is 6.17. The molecular formula is C23H14O. The molecule has 1 nitrogen and oxygen atoms in total. The summed E-state index contributed by atoms with van der Waals surface area (Å²) < 4.78 is 0. The normalized spacial score (nSPS) is 11.5. The number of carbonyl (C=O) groups is 1. The third-order valence-electron chi connectivity index (χ3n) is 4.91. The predicted molar refractivity (Wildman–Crippen MR) is 101 cm³/mol. The molecule has 0 fully saturated rings. The molecule has 112 valence electrons. The molecule has 24 heavy (non-hydrogen) atoms. The van der Waals surface area contributed by atoms with Crippen LogP contribution in [0.1, 0.15) is 10.4 Å². The van der Waals surface area contributed by atoms with Crippen molar-refractivity contribution in [3.8, 4) is 11.1 Å². The molecule has 5 aromatic rings. The second kappa shape index (κ2) is 4.90. The number of hydrogen-bond acceptors (Lipinski definition) is 1. The van der Waals surface area contributed by atoms with Gasteiger partial charge in [-0.25, -0.2) is 0 Å². The van der Waals surface area contributed by atoms with Gasteiger partial charge in [-0.05, 0) is 43.4 Å². The molecule has 0 bridgehead atoms. The molecule has 0 N–H and O–H groups in total. The van der Waals surface area contributed by atoms with Gasteiger partial charge in [0.15, 0.2) is 6.29 Å². The minimum absolute atomic E-state index is 0.752. The molecular weight excluding hydrogens is 292 g/mol. The maximum Gasteiger partial charge on any atom is 0.150 e. The van der Waals surface area contributed by atoms with Gasteiger partial charge in [0, 0.05) is 5.56 Å². The van der Waals surface area contributed by atoms with Crippen molar-refractivity contribution in [1.82, 2.24) is 0 Å². The van der Waals surface area contributed by atoms with Gasteiger partial charge in [-0.15, -0.1) is 0 Å². The molecule has 5 rings (SSSR count). The number of benzene rings is 5. The van der Waals surface area contributed by atoms with Gasteiger partial charge in [0.1, 0.15) is 0 Å². The third-order valence-corrected chi connectivity index (χ3v) is 4.91. The molecule has 0 aromatic heterocycles. The van der Waals surface area contributed by atoms with Crippen molar-refractivity contribution in [2.75, 3.05) is 0 Å². The van der Waals surface area contributed by atoms with Gasteiger partial charge in [-0.3, -0.25) is 4.79 Å². The van der Waals surface area contributed by atoms with Crippen LogP contribution in [0, 0.1) is 0 Å². The number of rotatable bonds is 2.